The van der Waals surface area contributed by atoms with E-state index in [1.54, 1.807) is 0 Å². The summed E-state index contributed by atoms with van der Waals surface area (Å²) in [6, 6.07) is 0. The standard InChI is InChI=1S/C57H110O4/c1-4-7-10-13-16-19-22-25-28-31-33-36-39-42-45-48-51-54(58)57(55(59)52-49-46-43-40-37-34-32-29-26-23-20-17-14-11-8-5-2)61-56(60)53-50-47-44-41-38-35-30-27-24-21-18-15-12-9-6-3/h25-26,28-29,54-55,57-59H,4-24,27,30-53H2,1-3H3/b28-25-,29-26-. The zero-order chi connectivity index (χ0) is 44.4. The highest BCUT2D eigenvalue weighted by Crippen LogP contribution is 2.21. The highest BCUT2D eigenvalue weighted by atomic mass is 16.6. The van der Waals surface area contributed by atoms with Crippen LogP contribution in [0.4, 0.5) is 0 Å². The molecule has 0 aromatic heterocycles. The van der Waals surface area contributed by atoms with E-state index in [0.717, 1.165) is 38.5 Å². The van der Waals surface area contributed by atoms with Crippen molar-refractivity contribution in [3.05, 3.63) is 24.3 Å². The molecule has 362 valence electrons. The van der Waals surface area contributed by atoms with Crippen molar-refractivity contribution in [1.82, 2.24) is 0 Å². The Hall–Kier alpha value is -1.13. The number of esters is 1. The van der Waals surface area contributed by atoms with Crippen LogP contribution in [0.25, 0.3) is 0 Å². The zero-order valence-electron chi connectivity index (χ0n) is 41.8. The van der Waals surface area contributed by atoms with Gasteiger partial charge in [-0.1, -0.05) is 263 Å². The third-order valence-corrected chi connectivity index (χ3v) is 13.0. The largest absolute Gasteiger partial charge is 0.457 e. The van der Waals surface area contributed by atoms with Gasteiger partial charge < -0.3 is 14.9 Å². The molecule has 4 nitrogen and oxygen atoms in total. The van der Waals surface area contributed by atoms with Crippen LogP contribution in [-0.4, -0.2) is 34.5 Å². The first-order valence-electron chi connectivity index (χ1n) is 27.9. The second-order valence-corrected chi connectivity index (χ2v) is 19.2. The Morgan fingerprint density at radius 1 is 0.344 bits per heavy atom. The second kappa shape index (κ2) is 51.5. The minimum absolute atomic E-state index is 0.250. The summed E-state index contributed by atoms with van der Waals surface area (Å²) in [5.41, 5.74) is 0. The van der Waals surface area contributed by atoms with Gasteiger partial charge in [0.05, 0.1) is 12.2 Å². The van der Waals surface area contributed by atoms with Crippen molar-refractivity contribution in [3.63, 3.8) is 0 Å². The van der Waals surface area contributed by atoms with Gasteiger partial charge in [-0.3, -0.25) is 4.79 Å². The molecule has 0 saturated heterocycles. The molecular formula is C57H110O4. The van der Waals surface area contributed by atoms with E-state index in [4.69, 9.17) is 4.74 Å². The molecule has 0 heterocycles. The fourth-order valence-corrected chi connectivity index (χ4v) is 8.80. The first kappa shape index (κ1) is 59.9. The van der Waals surface area contributed by atoms with Gasteiger partial charge in [0.15, 0.2) is 6.10 Å². The SMILES string of the molecule is CCCCCCCC/C=C\CCCCCCCCC(O)C(OC(=O)CCCCCCCCCCCCCCCCC)C(O)CCCCCCCC/C=C\CCCCCCCC. The normalized spacial score (nSPS) is 13.5. The highest BCUT2D eigenvalue weighted by Gasteiger charge is 2.30. The van der Waals surface area contributed by atoms with E-state index in [1.165, 1.54) is 238 Å². The maximum absolute atomic E-state index is 13.0. The summed E-state index contributed by atoms with van der Waals surface area (Å²) in [6.07, 6.45) is 63.2. The lowest BCUT2D eigenvalue weighted by atomic mass is 9.97. The van der Waals surface area contributed by atoms with Crippen LogP contribution in [0.5, 0.6) is 0 Å². The lowest BCUT2D eigenvalue weighted by Crippen LogP contribution is -2.41. The molecule has 0 aliphatic carbocycles. The third-order valence-electron chi connectivity index (χ3n) is 13.0. The van der Waals surface area contributed by atoms with Gasteiger partial charge in [0.2, 0.25) is 0 Å². The fourth-order valence-electron chi connectivity index (χ4n) is 8.80. The zero-order valence-corrected chi connectivity index (χ0v) is 41.8. The number of carbonyl (C=O) groups excluding carboxylic acids is 1. The number of unbranched alkanes of at least 4 members (excludes halogenated alkanes) is 38. The number of allylic oxidation sites excluding steroid dienone is 4. The van der Waals surface area contributed by atoms with Crippen molar-refractivity contribution in [3.8, 4) is 0 Å². The van der Waals surface area contributed by atoms with Crippen LogP contribution < -0.4 is 0 Å². The van der Waals surface area contributed by atoms with Crippen LogP contribution in [0.1, 0.15) is 316 Å². The predicted molar refractivity (Wildman–Crippen MR) is 270 cm³/mol. The lowest BCUT2D eigenvalue weighted by molar-refractivity contribution is -0.165. The number of aliphatic hydroxyl groups is 2. The van der Waals surface area contributed by atoms with E-state index in [1.807, 2.05) is 0 Å². The Morgan fingerprint density at radius 3 is 0.852 bits per heavy atom. The number of carbonyl (C=O) groups is 1. The molecule has 0 aliphatic rings. The molecule has 0 amide bonds. The van der Waals surface area contributed by atoms with E-state index in [2.05, 4.69) is 45.1 Å². The van der Waals surface area contributed by atoms with Crippen LogP contribution in [0, 0.1) is 0 Å². The smallest absolute Gasteiger partial charge is 0.306 e. The minimum Gasteiger partial charge on any atom is -0.457 e. The van der Waals surface area contributed by atoms with Crippen molar-refractivity contribution < 1.29 is 19.7 Å². The molecule has 0 aliphatic heterocycles. The summed E-state index contributed by atoms with van der Waals surface area (Å²) in [7, 11) is 0. The topological polar surface area (TPSA) is 66.8 Å². The molecule has 0 spiro atoms. The molecule has 0 rings (SSSR count). The van der Waals surface area contributed by atoms with E-state index in [9.17, 15) is 15.0 Å². The summed E-state index contributed by atoms with van der Waals surface area (Å²) < 4.78 is 5.90. The van der Waals surface area contributed by atoms with Crippen molar-refractivity contribution >= 4 is 5.97 Å². The van der Waals surface area contributed by atoms with Gasteiger partial charge in [-0.15, -0.1) is 0 Å². The number of hydrogen-bond donors (Lipinski definition) is 2. The van der Waals surface area contributed by atoms with Crippen molar-refractivity contribution in [1.29, 1.82) is 0 Å². The first-order chi connectivity index (χ1) is 30.1. The summed E-state index contributed by atoms with van der Waals surface area (Å²) in [4.78, 5) is 13.0. The average Bonchev–Trinajstić information content (AvgIpc) is 3.26. The second-order valence-electron chi connectivity index (χ2n) is 19.2. The Kier molecular flexibility index (Phi) is 50.5. The van der Waals surface area contributed by atoms with Crippen molar-refractivity contribution in [2.45, 2.75) is 334 Å². The molecule has 2 N–H and O–H groups in total. The molecule has 0 aromatic carbocycles. The molecule has 2 atom stereocenters. The summed E-state index contributed by atoms with van der Waals surface area (Å²) in [6.45, 7) is 6.84. The number of aliphatic hydroxyl groups excluding tert-OH is 2. The van der Waals surface area contributed by atoms with Gasteiger partial charge in [-0.2, -0.15) is 0 Å². The quantitative estimate of drug-likeness (QED) is 0.0363. The molecule has 0 aromatic rings. The molecule has 0 bridgehead atoms. The minimum atomic E-state index is -0.810. The van der Waals surface area contributed by atoms with Crippen LogP contribution in [0.15, 0.2) is 24.3 Å². The Balaban J connectivity index is 4.39. The van der Waals surface area contributed by atoms with Crippen LogP contribution in [-0.2, 0) is 9.53 Å². The number of ether oxygens (including phenoxy) is 1. The molecular weight excluding hydrogens is 749 g/mol. The molecule has 2 unspecified atom stereocenters. The summed E-state index contributed by atoms with van der Waals surface area (Å²) in [5, 5.41) is 22.5. The lowest BCUT2D eigenvalue weighted by Gasteiger charge is -2.28. The maximum Gasteiger partial charge on any atom is 0.306 e. The van der Waals surface area contributed by atoms with Gasteiger partial charge in [-0.25, -0.2) is 0 Å². The van der Waals surface area contributed by atoms with Crippen LogP contribution in [0.3, 0.4) is 0 Å². The maximum atomic E-state index is 13.0. The van der Waals surface area contributed by atoms with Gasteiger partial charge in [-0.05, 0) is 70.6 Å². The monoisotopic (exact) mass is 859 g/mol. The highest BCUT2D eigenvalue weighted by molar-refractivity contribution is 5.69. The molecule has 0 radical (unpaired) electrons. The van der Waals surface area contributed by atoms with E-state index >= 15 is 0 Å². The van der Waals surface area contributed by atoms with Gasteiger partial charge in [0.25, 0.3) is 0 Å². The van der Waals surface area contributed by atoms with Crippen molar-refractivity contribution in [2.24, 2.45) is 0 Å². The summed E-state index contributed by atoms with van der Waals surface area (Å²) >= 11 is 0. The van der Waals surface area contributed by atoms with Gasteiger partial charge >= 0.3 is 5.97 Å². The number of hydrogen-bond acceptors (Lipinski definition) is 4. The Labute approximate surface area is 383 Å². The van der Waals surface area contributed by atoms with Crippen LogP contribution >= 0.6 is 0 Å². The molecule has 0 fully saturated rings. The van der Waals surface area contributed by atoms with E-state index in [0.29, 0.717) is 19.3 Å². The van der Waals surface area contributed by atoms with Gasteiger partial charge in [0.1, 0.15) is 0 Å². The first-order valence-corrected chi connectivity index (χ1v) is 27.9. The average molecular weight is 860 g/mol. The van der Waals surface area contributed by atoms with E-state index in [-0.39, 0.29) is 5.97 Å². The summed E-state index contributed by atoms with van der Waals surface area (Å²) in [5.74, 6) is -0.250. The fraction of sp³-hybridized carbons (Fsp3) is 0.912. The molecule has 4 heteroatoms. The van der Waals surface area contributed by atoms with Crippen LogP contribution in [0.2, 0.25) is 0 Å². The van der Waals surface area contributed by atoms with Gasteiger partial charge in [0, 0.05) is 6.42 Å². The Bertz CT molecular complexity index is 850. The number of rotatable bonds is 51. The molecule has 61 heavy (non-hydrogen) atoms. The molecule has 0 saturated carbocycles. The van der Waals surface area contributed by atoms with E-state index < -0.39 is 18.3 Å². The third kappa shape index (κ3) is 46.7. The predicted octanol–water partition coefficient (Wildman–Crippen LogP) is 18.7. The van der Waals surface area contributed by atoms with Crippen molar-refractivity contribution in [2.75, 3.05) is 0 Å². The Morgan fingerprint density at radius 2 is 0.574 bits per heavy atom.